The van der Waals surface area contributed by atoms with Crippen LogP contribution in [0.2, 0.25) is 0 Å². The summed E-state index contributed by atoms with van der Waals surface area (Å²) in [5.74, 6) is -0.295. The van der Waals surface area contributed by atoms with Crippen LogP contribution >= 0.6 is 0 Å². The molecule has 0 saturated heterocycles. The van der Waals surface area contributed by atoms with E-state index in [1.807, 2.05) is 39.8 Å². The van der Waals surface area contributed by atoms with Crippen LogP contribution in [0.3, 0.4) is 0 Å². The summed E-state index contributed by atoms with van der Waals surface area (Å²) in [4.78, 5) is 21.2. The maximum absolute atomic E-state index is 10.9. The lowest BCUT2D eigenvalue weighted by atomic mass is 9.81. The zero-order chi connectivity index (χ0) is 17.0. The third kappa shape index (κ3) is 5.31. The topological polar surface area (TPSA) is 69.4 Å². The Morgan fingerprint density at radius 1 is 1.18 bits per heavy atom. The zero-order valence-corrected chi connectivity index (χ0v) is 13.8. The summed E-state index contributed by atoms with van der Waals surface area (Å²) in [6.45, 7) is 9.74. The number of esters is 1. The number of allylic oxidation sites excluding steroid dienone is 1. The third-order valence-corrected chi connectivity index (χ3v) is 3.42. The Balaban J connectivity index is 2.87. The number of hydrogen-bond donors (Lipinski definition) is 0. The largest absolute Gasteiger partial charge is 0.465 e. The number of non-ortho nitro benzene ring substituents is 1. The lowest BCUT2D eigenvalue weighted by molar-refractivity contribution is -0.384. The van der Waals surface area contributed by atoms with Gasteiger partial charge in [-0.1, -0.05) is 52.0 Å². The van der Waals surface area contributed by atoms with Gasteiger partial charge in [0, 0.05) is 29.9 Å². The molecule has 5 heteroatoms. The third-order valence-electron chi connectivity index (χ3n) is 3.42. The van der Waals surface area contributed by atoms with Crippen molar-refractivity contribution in [1.82, 2.24) is 0 Å². The standard InChI is InChI=1S/C17H23NO4/c1-13(19)22-12-16(2,3)10-11-17(4,5)14-6-8-15(9-7-14)18(20)21/h6-11H,12H2,1-5H3/b11-10+. The summed E-state index contributed by atoms with van der Waals surface area (Å²) in [6, 6.07) is 6.55. The van der Waals surface area contributed by atoms with Crippen LogP contribution in [-0.2, 0) is 14.9 Å². The van der Waals surface area contributed by atoms with Gasteiger partial charge in [-0.25, -0.2) is 0 Å². The highest BCUT2D eigenvalue weighted by Crippen LogP contribution is 2.29. The molecule has 0 aromatic heterocycles. The van der Waals surface area contributed by atoms with Gasteiger partial charge in [0.15, 0.2) is 0 Å². The maximum Gasteiger partial charge on any atom is 0.302 e. The Labute approximate surface area is 131 Å². The molecule has 0 unspecified atom stereocenters. The van der Waals surface area contributed by atoms with Gasteiger partial charge in [0.25, 0.3) is 5.69 Å². The minimum atomic E-state index is -0.408. The number of nitro groups is 1. The lowest BCUT2D eigenvalue weighted by Crippen LogP contribution is -2.21. The normalized spacial score (nSPS) is 12.4. The molecule has 0 aliphatic rings. The van der Waals surface area contributed by atoms with Crippen molar-refractivity contribution in [2.45, 2.75) is 40.0 Å². The molecule has 0 amide bonds. The monoisotopic (exact) mass is 305 g/mol. The first-order valence-electron chi connectivity index (χ1n) is 7.12. The van der Waals surface area contributed by atoms with Gasteiger partial charge in [-0.3, -0.25) is 14.9 Å². The van der Waals surface area contributed by atoms with Crippen LogP contribution in [0.25, 0.3) is 0 Å². The number of rotatable bonds is 6. The molecule has 0 N–H and O–H groups in total. The van der Waals surface area contributed by atoms with Crippen molar-refractivity contribution in [3.63, 3.8) is 0 Å². The van der Waals surface area contributed by atoms with Gasteiger partial charge in [-0.05, 0) is 5.56 Å². The fourth-order valence-electron chi connectivity index (χ4n) is 1.88. The molecule has 22 heavy (non-hydrogen) atoms. The van der Waals surface area contributed by atoms with Crippen LogP contribution in [0.1, 0.15) is 40.2 Å². The number of carbonyl (C=O) groups excluding carboxylic acids is 1. The van der Waals surface area contributed by atoms with E-state index in [-0.39, 0.29) is 22.5 Å². The summed E-state index contributed by atoms with van der Waals surface area (Å²) in [5, 5.41) is 10.7. The van der Waals surface area contributed by atoms with E-state index in [1.54, 1.807) is 12.1 Å². The molecular formula is C17H23NO4. The fourth-order valence-corrected chi connectivity index (χ4v) is 1.88. The minimum Gasteiger partial charge on any atom is -0.465 e. The van der Waals surface area contributed by atoms with Crippen molar-refractivity contribution in [3.05, 3.63) is 52.1 Å². The average molecular weight is 305 g/mol. The van der Waals surface area contributed by atoms with Gasteiger partial charge in [0.2, 0.25) is 0 Å². The van der Waals surface area contributed by atoms with Crippen LogP contribution in [0.15, 0.2) is 36.4 Å². The summed E-state index contributed by atoms with van der Waals surface area (Å²) in [7, 11) is 0. The average Bonchev–Trinajstić information content (AvgIpc) is 2.44. The highest BCUT2D eigenvalue weighted by Gasteiger charge is 2.21. The first-order chi connectivity index (χ1) is 10.0. The van der Waals surface area contributed by atoms with E-state index in [4.69, 9.17) is 4.74 Å². The molecule has 0 aliphatic heterocycles. The predicted octanol–water partition coefficient (Wildman–Crippen LogP) is 4.02. The zero-order valence-electron chi connectivity index (χ0n) is 13.8. The first-order valence-corrected chi connectivity index (χ1v) is 7.12. The smallest absolute Gasteiger partial charge is 0.302 e. The molecule has 1 rings (SSSR count). The number of carbonyl (C=O) groups is 1. The van der Waals surface area contributed by atoms with Crippen LogP contribution < -0.4 is 0 Å². The van der Waals surface area contributed by atoms with Crippen LogP contribution in [-0.4, -0.2) is 17.5 Å². The predicted molar refractivity (Wildman–Crippen MR) is 85.7 cm³/mol. The Hall–Kier alpha value is -2.17. The summed E-state index contributed by atoms with van der Waals surface area (Å²) in [5.41, 5.74) is 0.517. The van der Waals surface area contributed by atoms with Gasteiger partial charge >= 0.3 is 5.97 Å². The second-order valence-electron chi connectivity index (χ2n) is 6.63. The SMILES string of the molecule is CC(=O)OCC(C)(C)/C=C/C(C)(C)c1ccc([N+](=O)[O-])cc1. The van der Waals surface area contributed by atoms with Crippen molar-refractivity contribution in [1.29, 1.82) is 0 Å². The van der Waals surface area contributed by atoms with E-state index >= 15 is 0 Å². The van der Waals surface area contributed by atoms with Gasteiger partial charge in [0.05, 0.1) is 11.5 Å². The highest BCUT2D eigenvalue weighted by molar-refractivity contribution is 5.65. The molecule has 0 fully saturated rings. The number of nitrogens with zero attached hydrogens (tertiary/aromatic N) is 1. The number of nitro benzene ring substituents is 1. The van der Waals surface area contributed by atoms with Gasteiger partial charge in [0.1, 0.15) is 0 Å². The lowest BCUT2D eigenvalue weighted by Gasteiger charge is -2.25. The van der Waals surface area contributed by atoms with Crippen molar-refractivity contribution >= 4 is 11.7 Å². The molecule has 0 bridgehead atoms. The van der Waals surface area contributed by atoms with E-state index < -0.39 is 4.92 Å². The Bertz CT molecular complexity index is 571. The first kappa shape index (κ1) is 17.9. The maximum atomic E-state index is 10.9. The van der Waals surface area contributed by atoms with E-state index in [0.29, 0.717) is 6.61 Å². The second kappa shape index (κ2) is 6.73. The van der Waals surface area contributed by atoms with Gasteiger partial charge in [-0.2, -0.15) is 0 Å². The Morgan fingerprint density at radius 2 is 1.73 bits per heavy atom. The highest BCUT2D eigenvalue weighted by atomic mass is 16.6. The molecule has 120 valence electrons. The quantitative estimate of drug-likeness (QED) is 0.344. The van der Waals surface area contributed by atoms with Crippen molar-refractivity contribution in [2.75, 3.05) is 6.61 Å². The summed E-state index contributed by atoms with van der Waals surface area (Å²) in [6.07, 6.45) is 4.05. The minimum absolute atomic E-state index is 0.0821. The number of benzene rings is 1. The molecule has 0 radical (unpaired) electrons. The number of hydrogen-bond acceptors (Lipinski definition) is 4. The molecular weight excluding hydrogens is 282 g/mol. The van der Waals surface area contributed by atoms with E-state index in [9.17, 15) is 14.9 Å². The van der Waals surface area contributed by atoms with Crippen molar-refractivity contribution in [3.8, 4) is 0 Å². The molecule has 0 atom stereocenters. The van der Waals surface area contributed by atoms with Crippen LogP contribution in [0.5, 0.6) is 0 Å². The summed E-state index contributed by atoms with van der Waals surface area (Å²) < 4.78 is 5.05. The molecule has 1 aromatic carbocycles. The molecule has 1 aromatic rings. The summed E-state index contributed by atoms with van der Waals surface area (Å²) >= 11 is 0. The van der Waals surface area contributed by atoms with Crippen molar-refractivity contribution in [2.24, 2.45) is 5.41 Å². The molecule has 0 spiro atoms. The molecule has 5 nitrogen and oxygen atoms in total. The van der Waals surface area contributed by atoms with Crippen LogP contribution in [0.4, 0.5) is 5.69 Å². The fraction of sp³-hybridized carbons (Fsp3) is 0.471. The Morgan fingerprint density at radius 3 is 2.18 bits per heavy atom. The van der Waals surface area contributed by atoms with Crippen LogP contribution in [0, 0.1) is 15.5 Å². The van der Waals surface area contributed by atoms with E-state index in [0.717, 1.165) is 5.56 Å². The van der Waals surface area contributed by atoms with Gasteiger partial charge in [-0.15, -0.1) is 0 Å². The molecule has 0 aliphatic carbocycles. The van der Waals surface area contributed by atoms with Gasteiger partial charge < -0.3 is 4.74 Å². The molecule has 0 heterocycles. The molecule has 0 saturated carbocycles. The second-order valence-corrected chi connectivity index (χ2v) is 6.63. The Kier molecular flexibility index (Phi) is 5.47. The van der Waals surface area contributed by atoms with E-state index in [1.165, 1.54) is 19.1 Å². The number of ether oxygens (including phenoxy) is 1. The van der Waals surface area contributed by atoms with E-state index in [2.05, 4.69) is 0 Å². The van der Waals surface area contributed by atoms with Crippen molar-refractivity contribution < 1.29 is 14.5 Å².